The molecule has 0 aromatic heterocycles. The quantitative estimate of drug-likeness (QED) is 0.807. The molecule has 102 valence electrons. The van der Waals surface area contributed by atoms with Crippen molar-refractivity contribution in [1.82, 2.24) is 0 Å². The van der Waals surface area contributed by atoms with Gasteiger partial charge in [-0.05, 0) is 37.1 Å². The van der Waals surface area contributed by atoms with Crippen LogP contribution in [-0.2, 0) is 5.67 Å². The average molecular weight is 272 g/mol. The zero-order valence-electron chi connectivity index (χ0n) is 9.45. The van der Waals surface area contributed by atoms with E-state index in [4.69, 9.17) is 0 Å². The van der Waals surface area contributed by atoms with Gasteiger partial charge in [0.05, 0.1) is 0 Å². The topological polar surface area (TPSA) is 20.2 Å². The lowest BCUT2D eigenvalue weighted by atomic mass is 9.92. The Labute approximate surface area is 99.0 Å². The van der Waals surface area contributed by atoms with Crippen molar-refractivity contribution in [1.29, 1.82) is 0 Å². The number of benzene rings is 1. The van der Waals surface area contributed by atoms with Gasteiger partial charge in [-0.15, -0.1) is 0 Å². The molecule has 1 rings (SSSR count). The molecule has 0 saturated carbocycles. The number of aromatic hydroxyl groups is 1. The van der Waals surface area contributed by atoms with Gasteiger partial charge in [0.25, 0.3) is 12.1 Å². The van der Waals surface area contributed by atoms with E-state index in [1.54, 1.807) is 0 Å². The van der Waals surface area contributed by atoms with Gasteiger partial charge in [-0.2, -0.15) is 13.2 Å². The van der Waals surface area contributed by atoms with Crippen molar-refractivity contribution in [2.45, 2.75) is 32.1 Å². The first-order valence-electron chi connectivity index (χ1n) is 4.86. The van der Waals surface area contributed by atoms with Crippen molar-refractivity contribution in [3.8, 4) is 5.75 Å². The van der Waals surface area contributed by atoms with E-state index < -0.39 is 23.8 Å². The van der Waals surface area contributed by atoms with Crippen LogP contribution < -0.4 is 0 Å². The molecule has 0 fully saturated rings. The van der Waals surface area contributed by atoms with Gasteiger partial charge in [0, 0.05) is 5.56 Å². The van der Waals surface area contributed by atoms with Crippen molar-refractivity contribution >= 4 is 0 Å². The summed E-state index contributed by atoms with van der Waals surface area (Å²) in [7, 11) is 0. The molecular formula is C11H10F6O. The molecule has 7 heteroatoms. The molecule has 0 spiro atoms. The lowest BCUT2D eigenvalue weighted by Crippen LogP contribution is -2.44. The zero-order chi connectivity index (χ0) is 14.3. The molecule has 0 amide bonds. The maximum atomic E-state index is 13.7. The smallest absolute Gasteiger partial charge is 0.432 e. The van der Waals surface area contributed by atoms with Crippen molar-refractivity contribution in [3.63, 3.8) is 0 Å². The molecule has 18 heavy (non-hydrogen) atoms. The van der Waals surface area contributed by atoms with Gasteiger partial charge in [-0.1, -0.05) is 0 Å². The minimum atomic E-state index is -5.74. The van der Waals surface area contributed by atoms with Gasteiger partial charge in [0.2, 0.25) is 0 Å². The zero-order valence-corrected chi connectivity index (χ0v) is 9.45. The number of halogens is 6. The van der Waals surface area contributed by atoms with Crippen molar-refractivity contribution < 1.29 is 31.4 Å². The molecule has 0 aliphatic carbocycles. The molecule has 1 unspecified atom stereocenters. The van der Waals surface area contributed by atoms with Crippen LogP contribution in [0.3, 0.4) is 0 Å². The lowest BCUT2D eigenvalue weighted by molar-refractivity contribution is -0.274. The normalized spacial score (nSPS) is 15.8. The van der Waals surface area contributed by atoms with Crippen LogP contribution >= 0.6 is 0 Å². The third kappa shape index (κ3) is 2.13. The molecule has 0 bridgehead atoms. The molecule has 1 N–H and O–H groups in total. The molecule has 0 radical (unpaired) electrons. The van der Waals surface area contributed by atoms with E-state index in [1.165, 1.54) is 13.8 Å². The summed E-state index contributed by atoms with van der Waals surface area (Å²) in [6, 6.07) is 1.14. The monoisotopic (exact) mass is 272 g/mol. The maximum Gasteiger partial charge on any atom is 0.432 e. The van der Waals surface area contributed by atoms with E-state index in [9.17, 15) is 31.4 Å². The first-order chi connectivity index (χ1) is 8.01. The predicted octanol–water partition coefficient (Wildman–Crippen LogP) is 4.00. The Bertz CT molecular complexity index is 430. The molecule has 1 aromatic carbocycles. The van der Waals surface area contributed by atoms with Crippen LogP contribution in [0.25, 0.3) is 0 Å². The number of alkyl halides is 6. The van der Waals surface area contributed by atoms with Gasteiger partial charge in [0.1, 0.15) is 5.75 Å². The first-order valence-corrected chi connectivity index (χ1v) is 4.86. The number of hydrogen-bond acceptors (Lipinski definition) is 1. The van der Waals surface area contributed by atoms with E-state index in [0.29, 0.717) is 12.1 Å². The van der Waals surface area contributed by atoms with Crippen molar-refractivity contribution in [3.05, 3.63) is 28.8 Å². The fourth-order valence-electron chi connectivity index (χ4n) is 1.58. The molecule has 1 atom stereocenters. The summed E-state index contributed by atoms with van der Waals surface area (Å²) < 4.78 is 76.1. The number of rotatable bonds is 2. The Hall–Kier alpha value is -1.40. The summed E-state index contributed by atoms with van der Waals surface area (Å²) in [4.78, 5) is 0. The van der Waals surface area contributed by atoms with Crippen LogP contribution in [0.5, 0.6) is 5.75 Å². The van der Waals surface area contributed by atoms with Crippen molar-refractivity contribution in [2.24, 2.45) is 0 Å². The fraction of sp³-hybridized carbons (Fsp3) is 0.455. The van der Waals surface area contributed by atoms with Gasteiger partial charge >= 0.3 is 6.18 Å². The third-order valence-corrected chi connectivity index (χ3v) is 2.62. The standard InChI is InChI=1S/C11H10F6O/c1-5-3-7(4-6(2)8(5)18)10(14,9(12)13)11(15,16)17/h3-4,9,18H,1-2H3. The SMILES string of the molecule is Cc1cc(C(F)(C(F)F)C(F)(F)F)cc(C)c1O. The van der Waals surface area contributed by atoms with E-state index in [0.717, 1.165) is 0 Å². The highest BCUT2D eigenvalue weighted by molar-refractivity contribution is 5.44. The Kier molecular flexibility index (Phi) is 3.56. The molecule has 0 aliphatic heterocycles. The van der Waals surface area contributed by atoms with Gasteiger partial charge in [0.15, 0.2) is 0 Å². The van der Waals surface area contributed by atoms with Crippen LogP contribution in [0.1, 0.15) is 16.7 Å². The molecule has 0 aliphatic rings. The average Bonchev–Trinajstić information content (AvgIpc) is 2.21. The van der Waals surface area contributed by atoms with E-state index in [1.807, 2.05) is 0 Å². The maximum absolute atomic E-state index is 13.7. The molecule has 0 saturated heterocycles. The summed E-state index contributed by atoms with van der Waals surface area (Å²) in [5.41, 5.74) is -6.15. The molecule has 1 aromatic rings. The molecule has 1 nitrogen and oxygen atoms in total. The van der Waals surface area contributed by atoms with E-state index >= 15 is 0 Å². The first kappa shape index (κ1) is 14.7. The van der Waals surface area contributed by atoms with Crippen LogP contribution in [0, 0.1) is 13.8 Å². The summed E-state index contributed by atoms with van der Waals surface area (Å²) in [5, 5.41) is 9.35. The third-order valence-electron chi connectivity index (χ3n) is 2.62. The Morgan fingerprint density at radius 2 is 1.39 bits per heavy atom. The largest absolute Gasteiger partial charge is 0.507 e. The Morgan fingerprint density at radius 3 is 1.67 bits per heavy atom. The summed E-state index contributed by atoms with van der Waals surface area (Å²) in [5.74, 6) is -0.349. The highest BCUT2D eigenvalue weighted by Gasteiger charge is 2.64. The number of phenols is 1. The Balaban J connectivity index is 3.51. The van der Waals surface area contributed by atoms with E-state index in [2.05, 4.69) is 0 Å². The summed E-state index contributed by atoms with van der Waals surface area (Å²) in [6.45, 7) is 2.40. The predicted molar refractivity (Wildman–Crippen MR) is 52.4 cm³/mol. The number of phenolic OH excluding ortho intramolecular Hbond substituents is 1. The molecular weight excluding hydrogens is 262 g/mol. The van der Waals surface area contributed by atoms with Crippen LogP contribution in [-0.4, -0.2) is 17.7 Å². The van der Waals surface area contributed by atoms with E-state index in [-0.39, 0.29) is 16.9 Å². The van der Waals surface area contributed by atoms with Gasteiger partial charge < -0.3 is 5.11 Å². The van der Waals surface area contributed by atoms with Crippen LogP contribution in [0.15, 0.2) is 12.1 Å². The molecule has 0 heterocycles. The fourth-order valence-corrected chi connectivity index (χ4v) is 1.58. The number of aryl methyl sites for hydroxylation is 2. The van der Waals surface area contributed by atoms with Crippen LogP contribution in [0.4, 0.5) is 26.3 Å². The highest BCUT2D eigenvalue weighted by atomic mass is 19.4. The summed E-state index contributed by atoms with van der Waals surface area (Å²) in [6.07, 6.45) is -9.99. The minimum Gasteiger partial charge on any atom is -0.507 e. The second-order valence-corrected chi connectivity index (χ2v) is 3.97. The second-order valence-electron chi connectivity index (χ2n) is 3.97. The number of hydrogen-bond donors (Lipinski definition) is 1. The second kappa shape index (κ2) is 4.37. The van der Waals surface area contributed by atoms with Gasteiger partial charge in [-0.3, -0.25) is 0 Å². The van der Waals surface area contributed by atoms with Crippen LogP contribution in [0.2, 0.25) is 0 Å². The van der Waals surface area contributed by atoms with Crippen molar-refractivity contribution in [2.75, 3.05) is 0 Å². The summed E-state index contributed by atoms with van der Waals surface area (Å²) >= 11 is 0. The minimum absolute atomic E-state index is 0.100. The lowest BCUT2D eigenvalue weighted by Gasteiger charge is -2.28. The highest BCUT2D eigenvalue weighted by Crippen LogP contribution is 2.48. The van der Waals surface area contributed by atoms with Gasteiger partial charge in [-0.25, -0.2) is 13.2 Å². The Morgan fingerprint density at radius 1 is 1.00 bits per heavy atom.